The molecule has 1 heterocycles. The van der Waals surface area contributed by atoms with E-state index in [1.54, 1.807) is 0 Å². The molecule has 0 amide bonds. The molecule has 0 spiro atoms. The normalized spacial score (nSPS) is 11.2. The van der Waals surface area contributed by atoms with Gasteiger partial charge in [-0.3, -0.25) is 4.72 Å². The largest absolute Gasteiger partial charge is 0.465 e. The van der Waals surface area contributed by atoms with Crippen LogP contribution >= 0.6 is 11.3 Å². The molecule has 112 valence electrons. The highest BCUT2D eigenvalue weighted by Crippen LogP contribution is 2.26. The molecule has 21 heavy (non-hydrogen) atoms. The maximum absolute atomic E-state index is 13.5. The number of sulfonamides is 1. The molecule has 0 bridgehead atoms. The van der Waals surface area contributed by atoms with Gasteiger partial charge in [-0.05, 0) is 29.6 Å². The molecule has 1 N–H and O–H groups in total. The van der Waals surface area contributed by atoms with Gasteiger partial charge in [-0.15, -0.1) is 11.3 Å². The van der Waals surface area contributed by atoms with Crippen molar-refractivity contribution in [1.82, 2.24) is 0 Å². The molecular formula is C12H9F2NO4S2. The molecule has 0 aliphatic carbocycles. The zero-order chi connectivity index (χ0) is 15.6. The Morgan fingerprint density at radius 1 is 1.29 bits per heavy atom. The number of esters is 1. The Morgan fingerprint density at radius 3 is 2.67 bits per heavy atom. The molecule has 2 rings (SSSR count). The SMILES string of the molecule is COC(=O)c1sccc1NS(=O)(=O)c1cc(F)ccc1F. The summed E-state index contributed by atoms with van der Waals surface area (Å²) >= 11 is 0.956. The number of ether oxygens (including phenoxy) is 1. The minimum Gasteiger partial charge on any atom is -0.465 e. The molecule has 0 saturated heterocycles. The van der Waals surface area contributed by atoms with Gasteiger partial charge in [-0.2, -0.15) is 0 Å². The molecule has 1 aromatic heterocycles. The van der Waals surface area contributed by atoms with Gasteiger partial charge in [0.15, 0.2) is 0 Å². The number of hydrogen-bond donors (Lipinski definition) is 1. The maximum atomic E-state index is 13.5. The van der Waals surface area contributed by atoms with Crippen molar-refractivity contribution in [2.75, 3.05) is 11.8 Å². The Balaban J connectivity index is 2.41. The van der Waals surface area contributed by atoms with E-state index in [1.807, 2.05) is 4.72 Å². The van der Waals surface area contributed by atoms with Gasteiger partial charge in [0.2, 0.25) is 0 Å². The number of nitrogens with one attached hydrogen (secondary N) is 1. The van der Waals surface area contributed by atoms with Crippen LogP contribution in [0, 0.1) is 11.6 Å². The minimum atomic E-state index is -4.37. The van der Waals surface area contributed by atoms with Crippen LogP contribution in [0.4, 0.5) is 14.5 Å². The monoisotopic (exact) mass is 333 g/mol. The lowest BCUT2D eigenvalue weighted by Gasteiger charge is -2.09. The molecule has 0 radical (unpaired) electrons. The van der Waals surface area contributed by atoms with E-state index in [0.29, 0.717) is 12.1 Å². The lowest BCUT2D eigenvalue weighted by molar-refractivity contribution is 0.0607. The third-order valence-corrected chi connectivity index (χ3v) is 4.74. The van der Waals surface area contributed by atoms with E-state index in [4.69, 9.17) is 0 Å². The summed E-state index contributed by atoms with van der Waals surface area (Å²) in [5.41, 5.74) is -0.0597. The lowest BCUT2D eigenvalue weighted by atomic mass is 10.3. The predicted molar refractivity (Wildman–Crippen MR) is 72.8 cm³/mol. The summed E-state index contributed by atoms with van der Waals surface area (Å²) in [5, 5.41) is 1.46. The fraction of sp³-hybridized carbons (Fsp3) is 0.0833. The fourth-order valence-electron chi connectivity index (χ4n) is 1.52. The van der Waals surface area contributed by atoms with Crippen molar-refractivity contribution in [2.45, 2.75) is 4.90 Å². The van der Waals surface area contributed by atoms with Crippen LogP contribution in [0.2, 0.25) is 0 Å². The Bertz CT molecular complexity index is 786. The second-order valence-corrected chi connectivity index (χ2v) is 6.40. The van der Waals surface area contributed by atoms with Gasteiger partial charge in [0.05, 0.1) is 12.8 Å². The van der Waals surface area contributed by atoms with Gasteiger partial charge in [-0.1, -0.05) is 0 Å². The summed E-state index contributed by atoms with van der Waals surface area (Å²) in [6.45, 7) is 0. The highest BCUT2D eigenvalue weighted by molar-refractivity contribution is 7.92. The molecule has 0 aliphatic heterocycles. The molecular weight excluding hydrogens is 324 g/mol. The highest BCUT2D eigenvalue weighted by atomic mass is 32.2. The Morgan fingerprint density at radius 2 is 2.00 bits per heavy atom. The van der Waals surface area contributed by atoms with Crippen LogP contribution in [0.3, 0.4) is 0 Å². The number of anilines is 1. The number of hydrogen-bond acceptors (Lipinski definition) is 5. The second kappa shape index (κ2) is 5.78. The van der Waals surface area contributed by atoms with E-state index in [-0.39, 0.29) is 10.6 Å². The Labute approximate surface area is 123 Å². The van der Waals surface area contributed by atoms with E-state index in [1.165, 1.54) is 11.4 Å². The van der Waals surface area contributed by atoms with Crippen LogP contribution < -0.4 is 4.72 Å². The molecule has 0 atom stereocenters. The number of halogens is 2. The van der Waals surface area contributed by atoms with Gasteiger partial charge in [0.25, 0.3) is 10.0 Å². The summed E-state index contributed by atoms with van der Waals surface area (Å²) < 4.78 is 57.3. The van der Waals surface area contributed by atoms with Crippen molar-refractivity contribution in [3.05, 3.63) is 46.2 Å². The summed E-state index contributed by atoms with van der Waals surface area (Å²) in [4.78, 5) is 10.6. The highest BCUT2D eigenvalue weighted by Gasteiger charge is 2.23. The van der Waals surface area contributed by atoms with Crippen molar-refractivity contribution in [3.63, 3.8) is 0 Å². The zero-order valence-corrected chi connectivity index (χ0v) is 12.2. The van der Waals surface area contributed by atoms with Gasteiger partial charge in [0.1, 0.15) is 21.4 Å². The Hall–Kier alpha value is -2.00. The van der Waals surface area contributed by atoms with Crippen LogP contribution in [0.1, 0.15) is 9.67 Å². The topological polar surface area (TPSA) is 72.5 Å². The molecule has 0 unspecified atom stereocenters. The van der Waals surface area contributed by atoms with Crippen molar-refractivity contribution in [1.29, 1.82) is 0 Å². The first-order chi connectivity index (χ1) is 9.85. The van der Waals surface area contributed by atoms with E-state index < -0.39 is 32.5 Å². The summed E-state index contributed by atoms with van der Waals surface area (Å²) in [6, 6.07) is 3.39. The van der Waals surface area contributed by atoms with E-state index in [2.05, 4.69) is 4.74 Å². The van der Waals surface area contributed by atoms with Gasteiger partial charge >= 0.3 is 5.97 Å². The van der Waals surface area contributed by atoms with Crippen LogP contribution in [-0.2, 0) is 14.8 Å². The molecule has 0 saturated carbocycles. The lowest BCUT2D eigenvalue weighted by Crippen LogP contribution is -2.16. The number of carbonyl (C=O) groups excluding carboxylic acids is 1. The van der Waals surface area contributed by atoms with Gasteiger partial charge in [0, 0.05) is 0 Å². The van der Waals surface area contributed by atoms with Crippen LogP contribution in [-0.4, -0.2) is 21.5 Å². The van der Waals surface area contributed by atoms with Gasteiger partial charge in [-0.25, -0.2) is 22.0 Å². The van der Waals surface area contributed by atoms with E-state index in [0.717, 1.165) is 24.5 Å². The first kappa shape index (κ1) is 15.4. The summed E-state index contributed by atoms with van der Waals surface area (Å²) in [5.74, 6) is -2.73. The minimum absolute atomic E-state index is 0.0119. The third-order valence-electron chi connectivity index (χ3n) is 2.46. The van der Waals surface area contributed by atoms with Crippen molar-refractivity contribution in [2.24, 2.45) is 0 Å². The van der Waals surface area contributed by atoms with Crippen molar-refractivity contribution < 1.29 is 26.7 Å². The third kappa shape index (κ3) is 3.19. The number of methoxy groups -OCH3 is 1. The second-order valence-electron chi connectivity index (χ2n) is 3.84. The number of carbonyl (C=O) groups is 1. The molecule has 0 aliphatic rings. The van der Waals surface area contributed by atoms with Crippen molar-refractivity contribution in [3.8, 4) is 0 Å². The Kier molecular flexibility index (Phi) is 4.24. The smallest absolute Gasteiger partial charge is 0.350 e. The molecule has 2 aromatic rings. The molecule has 1 aromatic carbocycles. The van der Waals surface area contributed by atoms with Crippen LogP contribution in [0.5, 0.6) is 0 Å². The summed E-state index contributed by atoms with van der Waals surface area (Å²) in [6.07, 6.45) is 0. The predicted octanol–water partition coefficient (Wildman–Crippen LogP) is 2.61. The zero-order valence-electron chi connectivity index (χ0n) is 10.6. The summed E-state index contributed by atoms with van der Waals surface area (Å²) in [7, 11) is -3.22. The first-order valence-electron chi connectivity index (χ1n) is 5.49. The van der Waals surface area contributed by atoms with E-state index >= 15 is 0 Å². The van der Waals surface area contributed by atoms with Crippen molar-refractivity contribution >= 4 is 33.0 Å². The molecule has 5 nitrogen and oxygen atoms in total. The first-order valence-corrected chi connectivity index (χ1v) is 7.85. The molecule has 0 fully saturated rings. The quantitative estimate of drug-likeness (QED) is 0.873. The van der Waals surface area contributed by atoms with Crippen LogP contribution in [0.15, 0.2) is 34.5 Å². The van der Waals surface area contributed by atoms with E-state index in [9.17, 15) is 22.0 Å². The number of benzene rings is 1. The average molecular weight is 333 g/mol. The number of rotatable bonds is 4. The van der Waals surface area contributed by atoms with Crippen LogP contribution in [0.25, 0.3) is 0 Å². The molecule has 9 heteroatoms. The maximum Gasteiger partial charge on any atom is 0.350 e. The number of thiophene rings is 1. The fourth-order valence-corrected chi connectivity index (χ4v) is 3.52. The van der Waals surface area contributed by atoms with Gasteiger partial charge < -0.3 is 4.74 Å². The average Bonchev–Trinajstić information content (AvgIpc) is 2.87. The standard InChI is InChI=1S/C12H9F2NO4S2/c1-19-12(16)11-9(4-5-20-11)15-21(17,18)10-6-7(13)2-3-8(10)14/h2-6,15H,1H3.